The molecule has 0 spiro atoms. The Morgan fingerprint density at radius 3 is 2.47 bits per heavy atom. The molecular weight excluding hydrogens is 670 g/mol. The highest BCUT2D eigenvalue weighted by atomic mass is 16.5. The first-order chi connectivity index (χ1) is 25.7. The van der Waals surface area contributed by atoms with Crippen molar-refractivity contribution < 1.29 is 23.9 Å². The zero-order chi connectivity index (χ0) is 37.3. The molecular formula is C41H53N7O5. The maximum absolute atomic E-state index is 13.8. The Kier molecular flexibility index (Phi) is 12.6. The molecule has 282 valence electrons. The summed E-state index contributed by atoms with van der Waals surface area (Å²) < 4.78 is 11.8. The van der Waals surface area contributed by atoms with Crippen molar-refractivity contribution in [3.63, 3.8) is 0 Å². The topological polar surface area (TPSA) is 123 Å². The Balaban J connectivity index is 1.06. The number of H-pyrrole nitrogens is 1. The van der Waals surface area contributed by atoms with Crippen LogP contribution in [0.5, 0.6) is 11.5 Å². The Bertz CT molecular complexity index is 1890. The number of aromatic amines is 1. The van der Waals surface area contributed by atoms with Gasteiger partial charge in [0.05, 0.1) is 42.7 Å². The van der Waals surface area contributed by atoms with E-state index in [1.165, 1.54) is 26.4 Å². The van der Waals surface area contributed by atoms with Gasteiger partial charge in [-0.15, -0.1) is 0 Å². The number of fused-ring (bicyclic) bond motifs is 1. The van der Waals surface area contributed by atoms with E-state index in [0.717, 1.165) is 82.0 Å². The lowest BCUT2D eigenvalue weighted by Gasteiger charge is -2.32. The third-order valence-corrected chi connectivity index (χ3v) is 10.3. The van der Waals surface area contributed by atoms with E-state index in [1.807, 2.05) is 48.2 Å². The molecule has 2 N–H and O–H groups in total. The van der Waals surface area contributed by atoms with Crippen LogP contribution in [-0.4, -0.2) is 109 Å². The van der Waals surface area contributed by atoms with Gasteiger partial charge in [0.15, 0.2) is 0 Å². The number of nitrogens with zero attached hydrogens (tertiary/aromatic N) is 5. The number of para-hydroxylation sites is 1. The number of ether oxygens (including phenoxy) is 2. The third-order valence-electron chi connectivity index (χ3n) is 10.3. The fourth-order valence-corrected chi connectivity index (χ4v) is 7.06. The summed E-state index contributed by atoms with van der Waals surface area (Å²) in [7, 11) is 5.28. The van der Waals surface area contributed by atoms with E-state index >= 15 is 0 Å². The summed E-state index contributed by atoms with van der Waals surface area (Å²) in [6.45, 7) is 8.80. The molecule has 12 nitrogen and oxygen atoms in total. The highest BCUT2D eigenvalue weighted by Crippen LogP contribution is 2.32. The van der Waals surface area contributed by atoms with Crippen LogP contribution in [0.1, 0.15) is 77.0 Å². The van der Waals surface area contributed by atoms with Gasteiger partial charge in [-0.1, -0.05) is 18.6 Å². The minimum Gasteiger partial charge on any atom is -0.496 e. The predicted octanol–water partition coefficient (Wildman–Crippen LogP) is 6.11. The number of hydrogen-bond donors (Lipinski definition) is 2. The number of amides is 3. The predicted molar refractivity (Wildman–Crippen MR) is 208 cm³/mol. The van der Waals surface area contributed by atoms with Crippen LogP contribution in [0, 0.1) is 6.92 Å². The number of carbonyl (C=O) groups is 3. The summed E-state index contributed by atoms with van der Waals surface area (Å²) >= 11 is 0. The van der Waals surface area contributed by atoms with Crippen LogP contribution >= 0.6 is 0 Å². The number of anilines is 2. The summed E-state index contributed by atoms with van der Waals surface area (Å²) in [5, 5.41) is 3.01. The van der Waals surface area contributed by atoms with E-state index in [4.69, 9.17) is 14.5 Å². The molecule has 53 heavy (non-hydrogen) atoms. The van der Waals surface area contributed by atoms with Gasteiger partial charge in [0.2, 0.25) is 5.91 Å². The second-order valence-corrected chi connectivity index (χ2v) is 14.3. The zero-order valence-corrected chi connectivity index (χ0v) is 31.6. The zero-order valence-electron chi connectivity index (χ0n) is 31.6. The first-order valence-electron chi connectivity index (χ1n) is 18.9. The number of nitrogens with one attached hydrogen (secondary N) is 2. The minimum absolute atomic E-state index is 0.231. The fraction of sp³-hybridized carbons (Fsp3) is 0.463. The van der Waals surface area contributed by atoms with Gasteiger partial charge in [-0.05, 0) is 107 Å². The van der Waals surface area contributed by atoms with Crippen molar-refractivity contribution in [1.29, 1.82) is 0 Å². The van der Waals surface area contributed by atoms with Gasteiger partial charge < -0.3 is 34.5 Å². The van der Waals surface area contributed by atoms with Gasteiger partial charge >= 0.3 is 0 Å². The number of piperazine rings is 1. The van der Waals surface area contributed by atoms with Crippen LogP contribution < -0.4 is 19.7 Å². The number of piperidine rings is 1. The largest absolute Gasteiger partial charge is 0.496 e. The average Bonchev–Trinajstić information content (AvgIpc) is 3.59. The van der Waals surface area contributed by atoms with Crippen LogP contribution in [0.15, 0.2) is 54.6 Å². The average molecular weight is 724 g/mol. The SMILES string of the molecule is COc1cc(C(=O)N(C)c2ccc(C)cc2OCCCCCC(=O)N2CCN(C)CC2)ccc1C(=O)Nc1cccc2[nH]c(CN3CCCCC3)nc12. The van der Waals surface area contributed by atoms with Crippen molar-refractivity contribution >= 4 is 40.1 Å². The van der Waals surface area contributed by atoms with E-state index in [0.29, 0.717) is 46.8 Å². The molecule has 0 unspecified atom stereocenters. The lowest BCUT2D eigenvalue weighted by molar-refractivity contribution is -0.132. The maximum Gasteiger partial charge on any atom is 0.259 e. The molecule has 3 aromatic carbocycles. The van der Waals surface area contributed by atoms with Crippen LogP contribution in [0.25, 0.3) is 11.0 Å². The van der Waals surface area contributed by atoms with E-state index in [1.54, 1.807) is 30.1 Å². The van der Waals surface area contributed by atoms with Crippen molar-refractivity contribution in [1.82, 2.24) is 24.7 Å². The molecule has 3 amide bonds. The molecule has 0 radical (unpaired) electrons. The van der Waals surface area contributed by atoms with Crippen LogP contribution in [0.4, 0.5) is 11.4 Å². The Labute approximate surface area is 312 Å². The number of hydrogen-bond acceptors (Lipinski definition) is 8. The monoisotopic (exact) mass is 723 g/mol. The molecule has 0 saturated carbocycles. The second-order valence-electron chi connectivity index (χ2n) is 14.3. The number of imidazole rings is 1. The quantitative estimate of drug-likeness (QED) is 0.150. The van der Waals surface area contributed by atoms with Crippen LogP contribution in [0.2, 0.25) is 0 Å². The van der Waals surface area contributed by atoms with Crippen LogP contribution in [-0.2, 0) is 11.3 Å². The van der Waals surface area contributed by atoms with Crippen molar-refractivity contribution in [2.24, 2.45) is 0 Å². The number of methoxy groups -OCH3 is 1. The summed E-state index contributed by atoms with van der Waals surface area (Å²) in [6, 6.07) is 16.3. The molecule has 2 aliphatic rings. The van der Waals surface area contributed by atoms with E-state index in [-0.39, 0.29) is 23.5 Å². The standard InChI is InChI=1S/C41H53N7O5/c1-29-15-18-34(36(26-29)53-25-10-5-7-14-38(49)48-23-21-45(2)22-24-48)46(3)41(51)30-16-17-31(35(27-30)52-4)40(50)43-33-13-11-12-32-39(33)44-37(42-32)28-47-19-8-6-9-20-47/h11-13,15-18,26-27H,5-10,14,19-25,28H2,1-4H3,(H,42,44)(H,43,50). The molecule has 6 rings (SSSR count). The Morgan fingerprint density at radius 2 is 1.70 bits per heavy atom. The van der Waals surface area contributed by atoms with Gasteiger partial charge in [0.1, 0.15) is 22.8 Å². The van der Waals surface area contributed by atoms with Gasteiger partial charge in [0.25, 0.3) is 11.8 Å². The van der Waals surface area contributed by atoms with Gasteiger partial charge in [0, 0.05) is 45.2 Å². The molecule has 2 aliphatic heterocycles. The van der Waals surface area contributed by atoms with E-state index < -0.39 is 0 Å². The molecule has 0 atom stereocenters. The first-order valence-corrected chi connectivity index (χ1v) is 18.9. The number of carbonyl (C=O) groups excluding carboxylic acids is 3. The van der Waals surface area contributed by atoms with Gasteiger partial charge in [-0.3, -0.25) is 19.3 Å². The van der Waals surface area contributed by atoms with Crippen molar-refractivity contribution in [2.75, 3.05) is 77.3 Å². The minimum atomic E-state index is -0.361. The lowest BCUT2D eigenvalue weighted by Crippen LogP contribution is -2.47. The van der Waals surface area contributed by atoms with E-state index in [2.05, 4.69) is 27.1 Å². The number of aromatic nitrogens is 2. The smallest absolute Gasteiger partial charge is 0.259 e. The number of likely N-dealkylation sites (N-methyl/N-ethyl adjacent to an activating group) is 1. The number of rotatable bonds is 14. The third kappa shape index (κ3) is 9.54. The Hall–Kier alpha value is -4.94. The fourth-order valence-electron chi connectivity index (χ4n) is 7.06. The summed E-state index contributed by atoms with van der Waals surface area (Å²) in [6.07, 6.45) is 6.74. The summed E-state index contributed by atoms with van der Waals surface area (Å²) in [5.41, 5.74) is 4.49. The van der Waals surface area contributed by atoms with Gasteiger partial charge in [-0.2, -0.15) is 0 Å². The second kappa shape index (κ2) is 17.7. The normalized spacial score (nSPS) is 15.4. The van der Waals surface area contributed by atoms with Crippen molar-refractivity contribution in [3.05, 3.63) is 77.1 Å². The van der Waals surface area contributed by atoms with Crippen LogP contribution in [0.3, 0.4) is 0 Å². The van der Waals surface area contributed by atoms with E-state index in [9.17, 15) is 14.4 Å². The first kappa shape index (κ1) is 37.8. The molecule has 4 aromatic rings. The molecule has 1 aromatic heterocycles. The number of aryl methyl sites for hydroxylation is 1. The number of benzene rings is 3. The van der Waals surface area contributed by atoms with Gasteiger partial charge in [-0.25, -0.2) is 4.98 Å². The highest BCUT2D eigenvalue weighted by molar-refractivity contribution is 6.11. The van der Waals surface area contributed by atoms with Crippen molar-refractivity contribution in [3.8, 4) is 11.5 Å². The molecule has 12 heteroatoms. The lowest BCUT2D eigenvalue weighted by atomic mass is 10.1. The molecule has 3 heterocycles. The number of likely N-dealkylation sites (tertiary alicyclic amines) is 1. The Morgan fingerprint density at radius 1 is 0.906 bits per heavy atom. The van der Waals surface area contributed by atoms with Crippen molar-refractivity contribution in [2.45, 2.75) is 58.4 Å². The number of unbranched alkanes of at least 4 members (excludes halogenated alkanes) is 2. The highest BCUT2D eigenvalue weighted by Gasteiger charge is 2.23. The summed E-state index contributed by atoms with van der Waals surface area (Å²) in [4.78, 5) is 56.4. The summed E-state index contributed by atoms with van der Waals surface area (Å²) in [5.74, 6) is 1.38. The maximum atomic E-state index is 13.8. The molecule has 2 saturated heterocycles. The molecule has 0 aliphatic carbocycles. The molecule has 2 fully saturated rings. The molecule has 0 bridgehead atoms.